The van der Waals surface area contributed by atoms with E-state index in [1.165, 1.54) is 0 Å². The van der Waals surface area contributed by atoms with Gasteiger partial charge in [0.15, 0.2) is 0 Å². The Morgan fingerprint density at radius 3 is 2.41 bits per heavy atom. The average Bonchev–Trinajstić information content (AvgIpc) is 2.83. The molecule has 1 aromatic heterocycles. The molecule has 8 heteroatoms. The number of amides is 1. The standard InChI is InChI=1S/C26H23ClN4O3/c1-17-9-8-13-21(15-17)31-26(34)30(16-20-12-6-7-14-22(20)27)25(33)23(29-31)24(32)28-18(2)19-10-4-3-5-11-19/h3-15,18H,16H2,1-2H3,(H,28,32)/t18-/m0/s1. The van der Waals surface area contributed by atoms with E-state index in [-0.39, 0.29) is 18.3 Å². The Balaban J connectivity index is 1.83. The number of hydrogen-bond acceptors (Lipinski definition) is 4. The first-order valence-corrected chi connectivity index (χ1v) is 11.1. The number of benzene rings is 3. The zero-order valence-electron chi connectivity index (χ0n) is 18.7. The van der Waals surface area contributed by atoms with Gasteiger partial charge in [-0.3, -0.25) is 14.2 Å². The predicted octanol–water partition coefficient (Wildman–Crippen LogP) is 3.90. The highest BCUT2D eigenvalue weighted by atomic mass is 35.5. The van der Waals surface area contributed by atoms with Gasteiger partial charge in [-0.05, 0) is 48.7 Å². The summed E-state index contributed by atoms with van der Waals surface area (Å²) in [4.78, 5) is 39.8. The first-order valence-electron chi connectivity index (χ1n) is 10.8. The van der Waals surface area contributed by atoms with E-state index in [0.29, 0.717) is 16.3 Å². The summed E-state index contributed by atoms with van der Waals surface area (Å²) in [5, 5.41) is 7.40. The van der Waals surface area contributed by atoms with Gasteiger partial charge in [0.05, 0.1) is 18.3 Å². The van der Waals surface area contributed by atoms with Crippen molar-refractivity contribution in [2.75, 3.05) is 0 Å². The van der Waals surface area contributed by atoms with E-state index in [1.807, 2.05) is 50.2 Å². The van der Waals surface area contributed by atoms with Crippen LogP contribution < -0.4 is 16.6 Å². The molecule has 0 aliphatic heterocycles. The number of halogens is 1. The zero-order valence-corrected chi connectivity index (χ0v) is 19.5. The third kappa shape index (κ3) is 4.84. The van der Waals surface area contributed by atoms with Crippen molar-refractivity contribution in [3.05, 3.63) is 127 Å². The van der Waals surface area contributed by atoms with Crippen LogP contribution in [-0.4, -0.2) is 20.3 Å². The molecule has 1 atom stereocenters. The molecule has 3 aromatic carbocycles. The number of aryl methyl sites for hydroxylation is 1. The number of rotatable bonds is 6. The molecule has 34 heavy (non-hydrogen) atoms. The van der Waals surface area contributed by atoms with Crippen LogP contribution in [0.5, 0.6) is 0 Å². The van der Waals surface area contributed by atoms with Crippen LogP contribution in [0.3, 0.4) is 0 Å². The maximum absolute atomic E-state index is 13.3. The van der Waals surface area contributed by atoms with Crippen molar-refractivity contribution in [2.45, 2.75) is 26.4 Å². The lowest BCUT2D eigenvalue weighted by Gasteiger charge is -2.16. The van der Waals surface area contributed by atoms with Crippen LogP contribution in [0, 0.1) is 6.92 Å². The van der Waals surface area contributed by atoms with E-state index in [2.05, 4.69) is 10.4 Å². The molecule has 0 aliphatic carbocycles. The first kappa shape index (κ1) is 23.2. The normalized spacial score (nSPS) is 11.7. The Bertz CT molecular complexity index is 1460. The van der Waals surface area contributed by atoms with Gasteiger partial charge >= 0.3 is 5.69 Å². The fraction of sp³-hybridized carbons (Fsp3) is 0.154. The van der Waals surface area contributed by atoms with Crippen LogP contribution in [-0.2, 0) is 6.54 Å². The van der Waals surface area contributed by atoms with E-state index >= 15 is 0 Å². The quantitative estimate of drug-likeness (QED) is 0.459. The van der Waals surface area contributed by atoms with Crippen molar-refractivity contribution >= 4 is 17.5 Å². The van der Waals surface area contributed by atoms with Gasteiger partial charge in [0.2, 0.25) is 5.69 Å². The van der Waals surface area contributed by atoms with Crippen LogP contribution in [0.15, 0.2) is 88.5 Å². The van der Waals surface area contributed by atoms with Gasteiger partial charge in [-0.1, -0.05) is 72.3 Å². The van der Waals surface area contributed by atoms with Crippen molar-refractivity contribution in [2.24, 2.45) is 0 Å². The Kier molecular flexibility index (Phi) is 6.75. The number of hydrogen-bond donors (Lipinski definition) is 1. The molecule has 0 saturated carbocycles. The Labute approximate surface area is 201 Å². The van der Waals surface area contributed by atoms with Gasteiger partial charge < -0.3 is 5.32 Å². The first-order chi connectivity index (χ1) is 16.3. The Hall–Kier alpha value is -3.97. The summed E-state index contributed by atoms with van der Waals surface area (Å²) in [6.07, 6.45) is 0. The smallest absolute Gasteiger partial charge is 0.344 e. The Morgan fingerprint density at radius 2 is 1.71 bits per heavy atom. The second-order valence-electron chi connectivity index (χ2n) is 7.97. The van der Waals surface area contributed by atoms with E-state index < -0.39 is 17.2 Å². The van der Waals surface area contributed by atoms with Crippen molar-refractivity contribution in [1.82, 2.24) is 19.7 Å². The maximum Gasteiger partial charge on any atom is 0.352 e. The molecule has 0 spiro atoms. The molecule has 172 valence electrons. The summed E-state index contributed by atoms with van der Waals surface area (Å²) < 4.78 is 2.06. The summed E-state index contributed by atoms with van der Waals surface area (Å²) in [6, 6.07) is 23.0. The predicted molar refractivity (Wildman–Crippen MR) is 132 cm³/mol. The molecule has 0 bridgehead atoms. The molecule has 1 amide bonds. The van der Waals surface area contributed by atoms with Gasteiger partial charge in [-0.15, -0.1) is 0 Å². The lowest BCUT2D eigenvalue weighted by Crippen LogP contribution is -2.46. The number of carbonyl (C=O) groups excluding carboxylic acids is 1. The molecule has 4 rings (SSSR count). The highest BCUT2D eigenvalue weighted by molar-refractivity contribution is 6.31. The molecule has 0 aliphatic rings. The minimum atomic E-state index is -0.786. The summed E-state index contributed by atoms with van der Waals surface area (Å²) in [7, 11) is 0. The SMILES string of the molecule is Cc1cccc(-n2nc(C(=O)N[C@@H](C)c3ccccc3)c(=O)n(Cc3ccccc3Cl)c2=O)c1. The van der Waals surface area contributed by atoms with Crippen molar-refractivity contribution in [3.63, 3.8) is 0 Å². The highest BCUT2D eigenvalue weighted by Crippen LogP contribution is 2.16. The fourth-order valence-electron chi connectivity index (χ4n) is 3.61. The second-order valence-corrected chi connectivity index (χ2v) is 8.38. The van der Waals surface area contributed by atoms with E-state index in [1.54, 1.807) is 42.5 Å². The molecule has 7 nitrogen and oxygen atoms in total. The molecule has 4 aromatic rings. The van der Waals surface area contributed by atoms with Crippen LogP contribution >= 0.6 is 11.6 Å². The molecular weight excluding hydrogens is 452 g/mol. The van der Waals surface area contributed by atoms with E-state index in [4.69, 9.17) is 11.6 Å². The van der Waals surface area contributed by atoms with Crippen LogP contribution in [0.4, 0.5) is 0 Å². The summed E-state index contributed by atoms with van der Waals surface area (Å²) in [6.45, 7) is 3.59. The van der Waals surface area contributed by atoms with Gasteiger partial charge in [0.1, 0.15) is 0 Å². The van der Waals surface area contributed by atoms with E-state index in [9.17, 15) is 14.4 Å². The lowest BCUT2D eigenvalue weighted by molar-refractivity contribution is 0.0930. The number of nitrogens with zero attached hydrogens (tertiary/aromatic N) is 3. The zero-order chi connectivity index (χ0) is 24.2. The van der Waals surface area contributed by atoms with Gasteiger partial charge in [-0.2, -0.15) is 9.78 Å². The fourth-order valence-corrected chi connectivity index (χ4v) is 3.81. The van der Waals surface area contributed by atoms with Gasteiger partial charge in [0, 0.05) is 5.02 Å². The lowest BCUT2D eigenvalue weighted by atomic mass is 10.1. The van der Waals surface area contributed by atoms with Crippen LogP contribution in [0.1, 0.15) is 40.1 Å². The number of nitrogens with one attached hydrogen (secondary N) is 1. The Morgan fingerprint density at radius 1 is 1.00 bits per heavy atom. The van der Waals surface area contributed by atoms with Gasteiger partial charge in [-0.25, -0.2) is 4.79 Å². The molecule has 0 saturated heterocycles. The van der Waals surface area contributed by atoms with Crippen LogP contribution in [0.2, 0.25) is 5.02 Å². The highest BCUT2D eigenvalue weighted by Gasteiger charge is 2.22. The number of aromatic nitrogens is 3. The second kappa shape index (κ2) is 9.89. The molecular formula is C26H23ClN4O3. The summed E-state index contributed by atoms with van der Waals surface area (Å²) in [5.74, 6) is -0.671. The number of carbonyl (C=O) groups is 1. The van der Waals surface area contributed by atoms with Crippen molar-refractivity contribution in [1.29, 1.82) is 0 Å². The van der Waals surface area contributed by atoms with Crippen molar-refractivity contribution < 1.29 is 4.79 Å². The largest absolute Gasteiger partial charge is 0.352 e. The molecule has 1 heterocycles. The van der Waals surface area contributed by atoms with Crippen LogP contribution in [0.25, 0.3) is 5.69 Å². The summed E-state index contributed by atoms with van der Waals surface area (Å²) in [5.41, 5.74) is 0.973. The minimum absolute atomic E-state index is 0.0970. The molecule has 0 unspecified atom stereocenters. The molecule has 0 radical (unpaired) electrons. The molecule has 0 fully saturated rings. The average molecular weight is 475 g/mol. The monoisotopic (exact) mass is 474 g/mol. The van der Waals surface area contributed by atoms with E-state index in [0.717, 1.165) is 20.4 Å². The maximum atomic E-state index is 13.3. The summed E-state index contributed by atoms with van der Waals surface area (Å²) >= 11 is 6.28. The molecule has 1 N–H and O–H groups in total. The minimum Gasteiger partial charge on any atom is -0.344 e. The van der Waals surface area contributed by atoms with Gasteiger partial charge in [0.25, 0.3) is 11.5 Å². The van der Waals surface area contributed by atoms with Crippen molar-refractivity contribution in [3.8, 4) is 5.69 Å². The third-order valence-electron chi connectivity index (χ3n) is 5.45. The topological polar surface area (TPSA) is 86.0 Å². The third-order valence-corrected chi connectivity index (χ3v) is 5.82.